The molecule has 3 atom stereocenters. The van der Waals surface area contributed by atoms with E-state index in [4.69, 9.17) is 18.9 Å². The van der Waals surface area contributed by atoms with Crippen molar-refractivity contribution in [2.24, 2.45) is 11.3 Å². The van der Waals surface area contributed by atoms with Crippen molar-refractivity contribution in [2.45, 2.75) is 39.3 Å². The summed E-state index contributed by atoms with van der Waals surface area (Å²) in [6, 6.07) is 10.4. The van der Waals surface area contributed by atoms with Gasteiger partial charge in [-0.3, -0.25) is 9.59 Å². The maximum Gasteiger partial charge on any atom is 0.173 e. The zero-order valence-electron chi connectivity index (χ0n) is 20.6. The van der Waals surface area contributed by atoms with Crippen molar-refractivity contribution in [3.63, 3.8) is 0 Å². The van der Waals surface area contributed by atoms with Crippen LogP contribution in [-0.2, 0) is 0 Å². The zero-order valence-corrected chi connectivity index (χ0v) is 21.7. The second-order valence-corrected chi connectivity index (χ2v) is 9.69. The molecule has 0 aromatic heterocycles. The Kier molecular flexibility index (Phi) is 9.30. The summed E-state index contributed by atoms with van der Waals surface area (Å²) in [6.07, 6.45) is 1.02. The Labute approximate surface area is 199 Å². The number of benzene rings is 2. The molecule has 0 bridgehead atoms. The molecule has 0 spiro atoms. The van der Waals surface area contributed by atoms with Gasteiger partial charge in [0.15, 0.2) is 11.6 Å². The van der Waals surface area contributed by atoms with E-state index in [0.29, 0.717) is 47.0 Å². The topological polar surface area (TPSA) is 71.1 Å². The number of ether oxygens (including phenoxy) is 4. The number of carbonyl (C=O) groups is 2. The molecule has 2 aromatic carbocycles. The summed E-state index contributed by atoms with van der Waals surface area (Å²) in [5, 5.41) is 0. The molecule has 0 N–H and O–H groups in total. The highest BCUT2D eigenvalue weighted by Crippen LogP contribution is 2.37. The lowest BCUT2D eigenvalue weighted by atomic mass is 9.76. The van der Waals surface area contributed by atoms with Gasteiger partial charge in [0.05, 0.1) is 39.6 Å². The van der Waals surface area contributed by atoms with Crippen LogP contribution in [-0.4, -0.2) is 45.7 Å². The average Bonchev–Trinajstić information content (AvgIpc) is 2.81. The molecule has 33 heavy (non-hydrogen) atoms. The highest BCUT2D eigenvalue weighted by molar-refractivity contribution is 7.19. The quantitative estimate of drug-likeness (QED) is 0.300. The second-order valence-electron chi connectivity index (χ2n) is 8.97. The van der Waals surface area contributed by atoms with Crippen LogP contribution in [0, 0.1) is 11.3 Å². The normalized spacial score (nSPS) is 13.1. The first kappa shape index (κ1) is 26.7. The molecule has 7 heteroatoms. The van der Waals surface area contributed by atoms with Crippen LogP contribution in [0.1, 0.15) is 54.3 Å². The Morgan fingerprint density at radius 2 is 1.33 bits per heavy atom. The Morgan fingerprint density at radius 1 is 0.848 bits per heavy atom. The zero-order chi connectivity index (χ0) is 24.8. The van der Waals surface area contributed by atoms with Gasteiger partial charge in [-0.15, -0.1) is 9.24 Å². The summed E-state index contributed by atoms with van der Waals surface area (Å²) in [4.78, 5) is 26.3. The van der Waals surface area contributed by atoms with Crippen molar-refractivity contribution in [1.82, 2.24) is 0 Å². The molecule has 0 saturated carbocycles. The molecule has 6 nitrogen and oxygen atoms in total. The third-order valence-corrected chi connectivity index (χ3v) is 6.77. The number of ketones is 2. The highest BCUT2D eigenvalue weighted by Gasteiger charge is 2.31. The summed E-state index contributed by atoms with van der Waals surface area (Å²) >= 11 is 0. The minimum atomic E-state index is -0.322. The maximum atomic E-state index is 13.2. The molecule has 0 amide bonds. The molecular weight excluding hydrogens is 439 g/mol. The predicted molar refractivity (Wildman–Crippen MR) is 133 cm³/mol. The van der Waals surface area contributed by atoms with Gasteiger partial charge in [0, 0.05) is 24.2 Å². The highest BCUT2D eigenvalue weighted by atomic mass is 31.0. The first-order valence-corrected chi connectivity index (χ1v) is 11.5. The Bertz CT molecular complexity index is 985. The van der Waals surface area contributed by atoms with E-state index in [-0.39, 0.29) is 28.6 Å². The van der Waals surface area contributed by atoms with E-state index in [2.05, 4.69) is 9.24 Å². The second kappa shape index (κ2) is 11.5. The van der Waals surface area contributed by atoms with Gasteiger partial charge in [0.2, 0.25) is 0 Å². The first-order chi connectivity index (χ1) is 15.6. The van der Waals surface area contributed by atoms with E-state index < -0.39 is 0 Å². The first-order valence-electron chi connectivity index (χ1n) is 10.8. The van der Waals surface area contributed by atoms with E-state index >= 15 is 0 Å². The summed E-state index contributed by atoms with van der Waals surface area (Å²) in [7, 11) is 8.89. The van der Waals surface area contributed by atoms with Crippen molar-refractivity contribution < 1.29 is 28.5 Å². The summed E-state index contributed by atoms with van der Waals surface area (Å²) in [5.74, 6) is 2.24. The maximum absolute atomic E-state index is 13.2. The van der Waals surface area contributed by atoms with Crippen LogP contribution in [0.5, 0.6) is 23.0 Å². The van der Waals surface area contributed by atoms with Gasteiger partial charge in [-0.25, -0.2) is 0 Å². The van der Waals surface area contributed by atoms with Crippen LogP contribution >= 0.6 is 9.24 Å². The fourth-order valence-corrected chi connectivity index (χ4v) is 4.39. The van der Waals surface area contributed by atoms with Crippen LogP contribution in [0.2, 0.25) is 0 Å². The minimum absolute atomic E-state index is 0.00448. The number of carbonyl (C=O) groups excluding carboxylic acids is 2. The molecule has 0 heterocycles. The van der Waals surface area contributed by atoms with Gasteiger partial charge in [-0.2, -0.15) is 0 Å². The molecule has 0 aliphatic rings. The minimum Gasteiger partial charge on any atom is -0.497 e. The standard InChI is InChI=1S/C26H35O6P/c1-16(25(33)24(28)20-11-9-18(30-5)13-23(20)32-7)14-26(2,3)15-21(27)19-10-8-17(29-4)12-22(19)31-6/h8-13,16,25H,14-15,33H2,1-7H3. The molecule has 2 rings (SSSR count). The summed E-state index contributed by atoms with van der Waals surface area (Å²) in [5.41, 5.74) is 0.403. The van der Waals surface area contributed by atoms with Gasteiger partial charge in [0.25, 0.3) is 0 Å². The van der Waals surface area contributed by atoms with Crippen LogP contribution < -0.4 is 18.9 Å². The van der Waals surface area contributed by atoms with E-state index in [1.165, 1.54) is 14.2 Å². The Morgan fingerprint density at radius 3 is 1.82 bits per heavy atom. The van der Waals surface area contributed by atoms with Crippen LogP contribution in [0.4, 0.5) is 0 Å². The third kappa shape index (κ3) is 6.70. The van der Waals surface area contributed by atoms with Crippen LogP contribution in [0.25, 0.3) is 0 Å². The lowest BCUT2D eigenvalue weighted by Crippen LogP contribution is -2.28. The van der Waals surface area contributed by atoms with Gasteiger partial charge in [-0.1, -0.05) is 20.8 Å². The van der Waals surface area contributed by atoms with Crippen molar-refractivity contribution in [2.75, 3.05) is 28.4 Å². The van der Waals surface area contributed by atoms with E-state index in [9.17, 15) is 9.59 Å². The molecular formula is C26H35O6P. The molecule has 0 aliphatic heterocycles. The number of Topliss-reactive ketones (excluding diaryl/α,β-unsaturated/α-hetero) is 2. The Balaban J connectivity index is 2.12. The van der Waals surface area contributed by atoms with Crippen LogP contribution in [0.15, 0.2) is 36.4 Å². The number of hydrogen-bond acceptors (Lipinski definition) is 6. The molecule has 3 unspecified atom stereocenters. The van der Waals surface area contributed by atoms with Crippen molar-refractivity contribution in [3.8, 4) is 23.0 Å². The summed E-state index contributed by atoms with van der Waals surface area (Å²) in [6.45, 7) is 6.13. The van der Waals surface area contributed by atoms with E-state index in [0.717, 1.165) is 0 Å². The number of hydrogen-bond donors (Lipinski definition) is 0. The molecule has 0 aliphatic carbocycles. The van der Waals surface area contributed by atoms with Gasteiger partial charge in [0.1, 0.15) is 23.0 Å². The van der Waals surface area contributed by atoms with Crippen molar-refractivity contribution in [1.29, 1.82) is 0 Å². The lowest BCUT2D eigenvalue weighted by Gasteiger charge is -2.30. The Hall–Kier alpha value is -2.59. The van der Waals surface area contributed by atoms with Gasteiger partial charge >= 0.3 is 0 Å². The van der Waals surface area contributed by atoms with E-state index in [1.807, 2.05) is 20.8 Å². The van der Waals surface area contributed by atoms with Crippen molar-refractivity contribution >= 4 is 20.8 Å². The van der Waals surface area contributed by atoms with Crippen LogP contribution in [0.3, 0.4) is 0 Å². The SMILES string of the molecule is COc1ccc(C(=O)CC(C)(C)CC(C)C(P)C(=O)c2ccc(OC)cc2OC)c(OC)c1. The lowest BCUT2D eigenvalue weighted by molar-refractivity contribution is 0.0902. The third-order valence-electron chi connectivity index (χ3n) is 5.81. The summed E-state index contributed by atoms with van der Waals surface area (Å²) < 4.78 is 21.2. The fourth-order valence-electron chi connectivity index (χ4n) is 4.07. The molecule has 180 valence electrons. The smallest absolute Gasteiger partial charge is 0.173 e. The molecule has 0 fully saturated rings. The number of rotatable bonds is 12. The van der Waals surface area contributed by atoms with Gasteiger partial charge in [-0.05, 0) is 42.0 Å². The van der Waals surface area contributed by atoms with E-state index in [1.54, 1.807) is 50.6 Å². The van der Waals surface area contributed by atoms with Gasteiger partial charge < -0.3 is 18.9 Å². The molecule has 0 radical (unpaired) electrons. The molecule has 0 saturated heterocycles. The predicted octanol–water partition coefficient (Wildman–Crippen LogP) is 5.47. The van der Waals surface area contributed by atoms with Crippen molar-refractivity contribution in [3.05, 3.63) is 47.5 Å². The fraction of sp³-hybridized carbons (Fsp3) is 0.462. The number of methoxy groups -OCH3 is 4. The monoisotopic (exact) mass is 474 g/mol. The largest absolute Gasteiger partial charge is 0.497 e. The molecule has 2 aromatic rings. The average molecular weight is 475 g/mol.